The molecule has 0 spiro atoms. The van der Waals surface area contributed by atoms with Crippen LogP contribution in [0.3, 0.4) is 0 Å². The van der Waals surface area contributed by atoms with Crippen LogP contribution >= 0.6 is 0 Å². The second-order valence-electron chi connectivity index (χ2n) is 8.07. The number of alkyl halides is 4. The minimum atomic E-state index is -4.49. The predicted molar refractivity (Wildman–Crippen MR) is 114 cm³/mol. The zero-order chi connectivity index (χ0) is 24.6. The molecule has 3 heterocycles. The van der Waals surface area contributed by atoms with Crippen LogP contribution in [-0.2, 0) is 11.0 Å². The zero-order valence-electron chi connectivity index (χ0n) is 18.2. The number of amides is 2. The van der Waals surface area contributed by atoms with Crippen molar-refractivity contribution in [3.05, 3.63) is 59.9 Å². The first-order valence-corrected chi connectivity index (χ1v) is 10.3. The van der Waals surface area contributed by atoms with Gasteiger partial charge in [0.1, 0.15) is 23.7 Å². The second-order valence-corrected chi connectivity index (χ2v) is 8.07. The SMILES string of the molecule is CN(C)C(=O)[C@@H]1C[C@@H](F)CN1C(=O)c1ccc2cc(Oc3ccc(C(F)(F)F)cn3)ccc2n1. The molecular formula is C23H20F4N4O3. The number of likely N-dealkylation sites (tertiary alicyclic amines) is 1. The molecule has 2 amide bonds. The van der Waals surface area contributed by atoms with E-state index in [1.165, 1.54) is 21.9 Å². The van der Waals surface area contributed by atoms with Gasteiger partial charge in [0, 0.05) is 38.2 Å². The number of aromatic nitrogens is 2. The highest BCUT2D eigenvalue weighted by atomic mass is 19.4. The van der Waals surface area contributed by atoms with E-state index < -0.39 is 29.9 Å². The van der Waals surface area contributed by atoms with Gasteiger partial charge in [0.15, 0.2) is 0 Å². The van der Waals surface area contributed by atoms with Gasteiger partial charge in [-0.3, -0.25) is 9.59 Å². The molecular weight excluding hydrogens is 456 g/mol. The number of hydrogen-bond donors (Lipinski definition) is 0. The van der Waals surface area contributed by atoms with Crippen LogP contribution in [0.5, 0.6) is 11.6 Å². The molecule has 0 saturated carbocycles. The number of halogens is 4. The van der Waals surface area contributed by atoms with Gasteiger partial charge in [-0.25, -0.2) is 14.4 Å². The highest BCUT2D eigenvalue weighted by molar-refractivity contribution is 5.98. The van der Waals surface area contributed by atoms with Crippen molar-refractivity contribution < 1.29 is 31.9 Å². The lowest BCUT2D eigenvalue weighted by Gasteiger charge is -2.25. The fourth-order valence-corrected chi connectivity index (χ4v) is 3.70. The number of carbonyl (C=O) groups is 2. The maximum atomic E-state index is 14.0. The third-order valence-electron chi connectivity index (χ3n) is 5.40. The molecule has 0 unspecified atom stereocenters. The summed E-state index contributed by atoms with van der Waals surface area (Å²) in [5, 5.41) is 0.603. The number of fused-ring (bicyclic) bond motifs is 1. The molecule has 178 valence electrons. The molecule has 4 rings (SSSR count). The zero-order valence-corrected chi connectivity index (χ0v) is 18.2. The fraction of sp³-hybridized carbons (Fsp3) is 0.304. The molecule has 11 heteroatoms. The van der Waals surface area contributed by atoms with E-state index >= 15 is 0 Å². The summed E-state index contributed by atoms with van der Waals surface area (Å²) in [5.74, 6) is -0.597. The maximum absolute atomic E-state index is 14.0. The van der Waals surface area contributed by atoms with E-state index in [4.69, 9.17) is 4.74 Å². The van der Waals surface area contributed by atoms with Crippen molar-refractivity contribution in [2.75, 3.05) is 20.6 Å². The molecule has 0 N–H and O–H groups in total. The number of carbonyl (C=O) groups excluding carboxylic acids is 2. The van der Waals surface area contributed by atoms with Crippen molar-refractivity contribution in [3.63, 3.8) is 0 Å². The third-order valence-corrected chi connectivity index (χ3v) is 5.40. The van der Waals surface area contributed by atoms with Gasteiger partial charge < -0.3 is 14.5 Å². The second kappa shape index (κ2) is 8.88. The van der Waals surface area contributed by atoms with Gasteiger partial charge in [-0.15, -0.1) is 0 Å². The Labute approximate surface area is 192 Å². The highest BCUT2D eigenvalue weighted by Gasteiger charge is 2.41. The molecule has 2 atom stereocenters. The average Bonchev–Trinajstić information content (AvgIpc) is 3.18. The summed E-state index contributed by atoms with van der Waals surface area (Å²) in [6.07, 6.45) is -5.16. The molecule has 0 aliphatic carbocycles. The Morgan fingerprint density at radius 2 is 1.88 bits per heavy atom. The van der Waals surface area contributed by atoms with Crippen LogP contribution in [0.1, 0.15) is 22.5 Å². The summed E-state index contributed by atoms with van der Waals surface area (Å²) in [7, 11) is 3.09. The van der Waals surface area contributed by atoms with Crippen molar-refractivity contribution in [2.45, 2.75) is 24.8 Å². The molecule has 1 aromatic carbocycles. The molecule has 0 radical (unpaired) electrons. The number of pyridine rings is 2. The monoisotopic (exact) mass is 476 g/mol. The fourth-order valence-electron chi connectivity index (χ4n) is 3.70. The van der Waals surface area contributed by atoms with Gasteiger partial charge in [0.2, 0.25) is 11.8 Å². The van der Waals surface area contributed by atoms with Crippen LogP contribution in [0.25, 0.3) is 10.9 Å². The quantitative estimate of drug-likeness (QED) is 0.531. The van der Waals surface area contributed by atoms with Gasteiger partial charge >= 0.3 is 6.18 Å². The molecule has 1 aliphatic rings. The molecule has 7 nitrogen and oxygen atoms in total. The van der Waals surface area contributed by atoms with Crippen molar-refractivity contribution in [1.82, 2.24) is 19.8 Å². The largest absolute Gasteiger partial charge is 0.439 e. The van der Waals surface area contributed by atoms with Gasteiger partial charge in [-0.2, -0.15) is 13.2 Å². The van der Waals surface area contributed by atoms with Crippen LogP contribution in [0.15, 0.2) is 48.7 Å². The van der Waals surface area contributed by atoms with Crippen molar-refractivity contribution in [2.24, 2.45) is 0 Å². The lowest BCUT2D eigenvalue weighted by Crippen LogP contribution is -2.45. The minimum absolute atomic E-state index is 0.0153. The number of likely N-dealkylation sites (N-methyl/N-ethyl adjacent to an activating group) is 1. The van der Waals surface area contributed by atoms with Crippen molar-refractivity contribution >= 4 is 22.7 Å². The standard InChI is InChI=1S/C23H20F4N4O3/c1-30(2)22(33)19-10-15(24)12-31(19)21(32)18-6-3-13-9-16(5-7-17(13)29-18)34-20-8-4-14(11-28-20)23(25,26)27/h3-9,11,15,19H,10,12H2,1-2H3/t15-,19+/m1/s1. The molecule has 3 aromatic rings. The van der Waals surface area contributed by atoms with E-state index in [9.17, 15) is 27.2 Å². The molecule has 2 aromatic heterocycles. The molecule has 1 saturated heterocycles. The van der Waals surface area contributed by atoms with Crippen molar-refractivity contribution in [1.29, 1.82) is 0 Å². The summed E-state index contributed by atoms with van der Waals surface area (Å²) < 4.78 is 57.6. The third kappa shape index (κ3) is 4.78. The van der Waals surface area contributed by atoms with E-state index in [1.54, 1.807) is 32.3 Å². The van der Waals surface area contributed by atoms with Gasteiger partial charge in [0.05, 0.1) is 17.6 Å². The van der Waals surface area contributed by atoms with Gasteiger partial charge in [-0.05, 0) is 30.3 Å². The van der Waals surface area contributed by atoms with Crippen LogP contribution < -0.4 is 4.74 Å². The smallest absolute Gasteiger partial charge is 0.417 e. The molecule has 1 aliphatic heterocycles. The molecule has 34 heavy (non-hydrogen) atoms. The minimum Gasteiger partial charge on any atom is -0.439 e. The van der Waals surface area contributed by atoms with E-state index in [-0.39, 0.29) is 30.4 Å². The van der Waals surface area contributed by atoms with E-state index in [1.807, 2.05) is 0 Å². The van der Waals surface area contributed by atoms with Crippen LogP contribution in [0.4, 0.5) is 17.6 Å². The van der Waals surface area contributed by atoms with Gasteiger partial charge in [-0.1, -0.05) is 6.07 Å². The Hall–Kier alpha value is -3.76. The topological polar surface area (TPSA) is 75.6 Å². The van der Waals surface area contributed by atoms with E-state index in [2.05, 4.69) is 9.97 Å². The number of hydrogen-bond acceptors (Lipinski definition) is 5. The lowest BCUT2D eigenvalue weighted by molar-refractivity contribution is -0.137. The first-order valence-electron chi connectivity index (χ1n) is 10.3. The normalized spacial score (nSPS) is 18.2. The first-order chi connectivity index (χ1) is 16.0. The average molecular weight is 476 g/mol. The Balaban J connectivity index is 1.53. The first kappa shape index (κ1) is 23.4. The number of nitrogens with zero attached hydrogens (tertiary/aromatic N) is 4. The maximum Gasteiger partial charge on any atom is 0.417 e. The predicted octanol–water partition coefficient (Wildman–Crippen LogP) is 4.08. The Morgan fingerprint density at radius 1 is 1.12 bits per heavy atom. The van der Waals surface area contributed by atoms with Crippen LogP contribution in [0, 0.1) is 0 Å². The summed E-state index contributed by atoms with van der Waals surface area (Å²) >= 11 is 0. The van der Waals surface area contributed by atoms with Crippen molar-refractivity contribution in [3.8, 4) is 11.6 Å². The lowest BCUT2D eigenvalue weighted by atomic mass is 10.1. The van der Waals surface area contributed by atoms with Crippen LogP contribution in [-0.4, -0.2) is 64.4 Å². The Kier molecular flexibility index (Phi) is 6.11. The number of benzene rings is 1. The molecule has 0 bridgehead atoms. The van der Waals surface area contributed by atoms with E-state index in [0.717, 1.165) is 12.1 Å². The Bertz CT molecular complexity index is 1230. The van der Waals surface area contributed by atoms with Crippen LogP contribution in [0.2, 0.25) is 0 Å². The summed E-state index contributed by atoms with van der Waals surface area (Å²) in [6, 6.07) is 8.90. The summed E-state index contributed by atoms with van der Waals surface area (Å²) in [5.41, 5.74) is -0.368. The number of ether oxygens (including phenoxy) is 1. The Morgan fingerprint density at radius 3 is 2.53 bits per heavy atom. The number of rotatable bonds is 4. The van der Waals surface area contributed by atoms with Gasteiger partial charge in [0.25, 0.3) is 5.91 Å². The summed E-state index contributed by atoms with van der Waals surface area (Å²) in [6.45, 7) is -0.185. The molecule has 1 fully saturated rings. The highest BCUT2D eigenvalue weighted by Crippen LogP contribution is 2.31. The summed E-state index contributed by atoms with van der Waals surface area (Å²) in [4.78, 5) is 35.9. The van der Waals surface area contributed by atoms with E-state index in [0.29, 0.717) is 22.8 Å².